The Morgan fingerprint density at radius 2 is 2.39 bits per heavy atom. The molecule has 0 aliphatic heterocycles. The minimum absolute atomic E-state index is 0.187. The molecule has 6 nitrogen and oxygen atoms in total. The van der Waals surface area contributed by atoms with Gasteiger partial charge < -0.3 is 19.4 Å². The summed E-state index contributed by atoms with van der Waals surface area (Å²) in [5, 5.41) is 15.4. The van der Waals surface area contributed by atoms with E-state index in [0.717, 1.165) is 0 Å². The molecule has 1 amide bonds. The lowest BCUT2D eigenvalue weighted by Crippen LogP contribution is -2.26. The first kappa shape index (κ1) is 12.4. The summed E-state index contributed by atoms with van der Waals surface area (Å²) in [5.41, 5.74) is 0.187. The van der Waals surface area contributed by atoms with Crippen LogP contribution in [0.2, 0.25) is 0 Å². The number of aromatic nitrogens is 1. The van der Waals surface area contributed by atoms with Crippen LogP contribution in [0.15, 0.2) is 33.4 Å². The SMILES string of the molecule is CC(O)CCNC(=O)c1cc(-c2ccco2)on1. The number of carbonyl (C=O) groups is 1. The normalized spacial score (nSPS) is 12.3. The molecule has 0 aliphatic rings. The van der Waals surface area contributed by atoms with Gasteiger partial charge in [0.1, 0.15) is 0 Å². The van der Waals surface area contributed by atoms with Gasteiger partial charge in [0.05, 0.1) is 12.4 Å². The topological polar surface area (TPSA) is 88.5 Å². The Hall–Kier alpha value is -2.08. The van der Waals surface area contributed by atoms with Crippen LogP contribution in [0.5, 0.6) is 0 Å². The van der Waals surface area contributed by atoms with Crippen molar-refractivity contribution >= 4 is 5.91 Å². The Kier molecular flexibility index (Phi) is 3.78. The zero-order valence-electron chi connectivity index (χ0n) is 9.92. The predicted octanol–water partition coefficient (Wildman–Crippen LogP) is 1.44. The van der Waals surface area contributed by atoms with Crippen molar-refractivity contribution in [3.8, 4) is 11.5 Å². The van der Waals surface area contributed by atoms with Gasteiger partial charge in [0.2, 0.25) is 5.76 Å². The number of carbonyl (C=O) groups excluding carboxylic acids is 1. The summed E-state index contributed by atoms with van der Waals surface area (Å²) >= 11 is 0. The third-order valence-electron chi connectivity index (χ3n) is 2.35. The van der Waals surface area contributed by atoms with Crippen LogP contribution in [0.4, 0.5) is 0 Å². The molecule has 0 spiro atoms. The van der Waals surface area contributed by atoms with Gasteiger partial charge in [-0.3, -0.25) is 4.79 Å². The van der Waals surface area contributed by atoms with Gasteiger partial charge in [-0.15, -0.1) is 0 Å². The van der Waals surface area contributed by atoms with Gasteiger partial charge in [0.15, 0.2) is 11.5 Å². The van der Waals surface area contributed by atoms with Crippen LogP contribution >= 0.6 is 0 Å². The number of aliphatic hydroxyl groups is 1. The van der Waals surface area contributed by atoms with E-state index in [-0.39, 0.29) is 11.6 Å². The van der Waals surface area contributed by atoms with Gasteiger partial charge in [0.25, 0.3) is 5.91 Å². The van der Waals surface area contributed by atoms with E-state index in [1.54, 1.807) is 19.1 Å². The van der Waals surface area contributed by atoms with Crippen molar-refractivity contribution in [3.63, 3.8) is 0 Å². The fourth-order valence-electron chi connectivity index (χ4n) is 1.40. The first-order valence-electron chi connectivity index (χ1n) is 5.63. The van der Waals surface area contributed by atoms with Gasteiger partial charge in [-0.25, -0.2) is 0 Å². The molecule has 2 aromatic heterocycles. The lowest BCUT2D eigenvalue weighted by molar-refractivity contribution is 0.0936. The Labute approximate surface area is 104 Å². The Morgan fingerprint density at radius 3 is 3.06 bits per heavy atom. The lowest BCUT2D eigenvalue weighted by Gasteiger charge is -2.04. The highest BCUT2D eigenvalue weighted by atomic mass is 16.5. The second kappa shape index (κ2) is 5.50. The monoisotopic (exact) mass is 250 g/mol. The largest absolute Gasteiger partial charge is 0.461 e. The van der Waals surface area contributed by atoms with Crippen LogP contribution in [0.25, 0.3) is 11.5 Å². The quantitative estimate of drug-likeness (QED) is 0.838. The molecule has 0 bridgehead atoms. The van der Waals surface area contributed by atoms with E-state index in [2.05, 4.69) is 10.5 Å². The molecular weight excluding hydrogens is 236 g/mol. The van der Waals surface area contributed by atoms with Crippen LogP contribution in [0, 0.1) is 0 Å². The van der Waals surface area contributed by atoms with E-state index < -0.39 is 6.10 Å². The van der Waals surface area contributed by atoms with Crippen molar-refractivity contribution in [1.82, 2.24) is 10.5 Å². The van der Waals surface area contributed by atoms with Crippen molar-refractivity contribution in [2.24, 2.45) is 0 Å². The van der Waals surface area contributed by atoms with Gasteiger partial charge >= 0.3 is 0 Å². The summed E-state index contributed by atoms with van der Waals surface area (Å²) in [6, 6.07) is 4.95. The number of amides is 1. The molecule has 0 saturated heterocycles. The molecule has 1 unspecified atom stereocenters. The van der Waals surface area contributed by atoms with Crippen molar-refractivity contribution in [2.75, 3.05) is 6.54 Å². The molecule has 6 heteroatoms. The zero-order valence-corrected chi connectivity index (χ0v) is 9.92. The Morgan fingerprint density at radius 1 is 1.56 bits per heavy atom. The standard InChI is InChI=1S/C12H14N2O4/c1-8(15)4-5-13-12(16)9-7-11(18-14-9)10-3-2-6-17-10/h2-3,6-8,15H,4-5H2,1H3,(H,13,16). The Balaban J connectivity index is 1.95. The van der Waals surface area contributed by atoms with Crippen LogP contribution in [0.3, 0.4) is 0 Å². The molecule has 0 aromatic carbocycles. The van der Waals surface area contributed by atoms with Gasteiger partial charge in [-0.2, -0.15) is 0 Å². The third kappa shape index (κ3) is 2.98. The second-order valence-electron chi connectivity index (χ2n) is 3.95. The van der Waals surface area contributed by atoms with E-state index in [4.69, 9.17) is 14.0 Å². The van der Waals surface area contributed by atoms with E-state index in [1.165, 1.54) is 12.3 Å². The molecule has 18 heavy (non-hydrogen) atoms. The Bertz CT molecular complexity index is 502. The van der Waals surface area contributed by atoms with E-state index in [0.29, 0.717) is 24.5 Å². The molecule has 2 N–H and O–H groups in total. The number of nitrogens with zero attached hydrogens (tertiary/aromatic N) is 1. The smallest absolute Gasteiger partial charge is 0.273 e. The van der Waals surface area contributed by atoms with Gasteiger partial charge in [0, 0.05) is 12.6 Å². The highest BCUT2D eigenvalue weighted by molar-refractivity contribution is 5.92. The number of furan rings is 1. The lowest BCUT2D eigenvalue weighted by atomic mass is 10.2. The van der Waals surface area contributed by atoms with E-state index in [1.807, 2.05) is 0 Å². The second-order valence-corrected chi connectivity index (χ2v) is 3.95. The third-order valence-corrected chi connectivity index (χ3v) is 2.35. The molecule has 0 saturated carbocycles. The van der Waals surface area contributed by atoms with Crippen LogP contribution in [-0.2, 0) is 0 Å². The minimum atomic E-state index is -0.443. The predicted molar refractivity (Wildman–Crippen MR) is 62.8 cm³/mol. The molecular formula is C12H14N2O4. The summed E-state index contributed by atoms with van der Waals surface area (Å²) in [6.45, 7) is 2.05. The number of hydrogen-bond acceptors (Lipinski definition) is 5. The highest BCUT2D eigenvalue weighted by Crippen LogP contribution is 2.20. The fraction of sp³-hybridized carbons (Fsp3) is 0.333. The minimum Gasteiger partial charge on any atom is -0.461 e. The van der Waals surface area contributed by atoms with E-state index in [9.17, 15) is 4.79 Å². The van der Waals surface area contributed by atoms with Crippen LogP contribution in [-0.4, -0.2) is 28.8 Å². The average molecular weight is 250 g/mol. The summed E-state index contributed by atoms with van der Waals surface area (Å²) < 4.78 is 10.1. The maximum Gasteiger partial charge on any atom is 0.273 e. The van der Waals surface area contributed by atoms with Crippen LogP contribution < -0.4 is 5.32 Å². The maximum atomic E-state index is 11.7. The van der Waals surface area contributed by atoms with Gasteiger partial charge in [-0.05, 0) is 25.5 Å². The molecule has 0 aliphatic carbocycles. The highest BCUT2D eigenvalue weighted by Gasteiger charge is 2.14. The number of aliphatic hydroxyl groups excluding tert-OH is 1. The average Bonchev–Trinajstić information content (AvgIpc) is 2.99. The number of nitrogens with one attached hydrogen (secondary N) is 1. The van der Waals surface area contributed by atoms with Crippen molar-refractivity contribution in [3.05, 3.63) is 30.2 Å². The summed E-state index contributed by atoms with van der Waals surface area (Å²) in [4.78, 5) is 11.7. The zero-order chi connectivity index (χ0) is 13.0. The first-order valence-corrected chi connectivity index (χ1v) is 5.63. The molecule has 0 fully saturated rings. The van der Waals surface area contributed by atoms with Crippen LogP contribution in [0.1, 0.15) is 23.8 Å². The maximum absolute atomic E-state index is 11.7. The summed E-state index contributed by atoms with van der Waals surface area (Å²) in [7, 11) is 0. The fourth-order valence-corrected chi connectivity index (χ4v) is 1.40. The number of hydrogen-bond donors (Lipinski definition) is 2. The summed E-state index contributed by atoms with van der Waals surface area (Å²) in [6.07, 6.45) is 1.57. The first-order chi connectivity index (χ1) is 8.66. The molecule has 0 radical (unpaired) electrons. The van der Waals surface area contributed by atoms with Gasteiger partial charge in [-0.1, -0.05) is 5.16 Å². The van der Waals surface area contributed by atoms with E-state index >= 15 is 0 Å². The molecule has 1 atom stereocenters. The molecule has 2 aromatic rings. The van der Waals surface area contributed by atoms with Crippen molar-refractivity contribution in [1.29, 1.82) is 0 Å². The van der Waals surface area contributed by atoms with Crippen molar-refractivity contribution in [2.45, 2.75) is 19.4 Å². The summed E-state index contributed by atoms with van der Waals surface area (Å²) in [5.74, 6) is 0.586. The van der Waals surface area contributed by atoms with Crippen molar-refractivity contribution < 1.29 is 18.8 Å². The molecule has 96 valence electrons. The molecule has 2 rings (SSSR count). The molecule has 2 heterocycles. The number of rotatable bonds is 5.